The summed E-state index contributed by atoms with van der Waals surface area (Å²) in [7, 11) is 8.92. The maximum atomic E-state index is 12.0. The van der Waals surface area contributed by atoms with E-state index in [4.69, 9.17) is 44.0 Å². The zero-order valence-electron chi connectivity index (χ0n) is 85.5. The predicted octanol–water partition coefficient (Wildman–Crippen LogP) is 24.6. The molecule has 0 aromatic carbocycles. The SMILES string of the molecule is CC(C)(C)ON=O.CC1CC=C(B2OC(C)(C)C(C)(C)O2)CC1.CI.COC(=O)c1sccc1-c1cc[n+](C)cc1C1CCC(C)CC1.COC(=O)c1sccc1-c1ccncc1Br.COC(=O)c1sccc1-c1ccncc1C1=CCC(C)CC1.COC(=O)c1sccc1-c1ccncc1C1CCC(C)CC1.COC(=O)c1sccc1I.COC(=O)c1sccc1N.ICI.OB(O)c1ccncc1Br.[B].[H-].[Na+]. The zero-order chi connectivity index (χ0) is 104. The van der Waals surface area contributed by atoms with Gasteiger partial charge in [0.2, 0.25) is 0 Å². The number of alkyl halides is 3. The van der Waals surface area contributed by atoms with Crippen molar-refractivity contribution >= 4 is 265 Å². The van der Waals surface area contributed by atoms with E-state index in [9.17, 15) is 33.7 Å². The molecule has 41 heteroatoms. The van der Waals surface area contributed by atoms with Crippen LogP contribution in [0.1, 0.15) is 254 Å². The first-order valence-corrected chi connectivity index (χ1v) is 58.5. The Morgan fingerprint density at radius 3 is 1.26 bits per heavy atom. The zero-order valence-corrected chi connectivity index (χ0v) is 103. The number of rotatable bonds is 16. The number of aryl methyl sites for hydroxylation is 1. The van der Waals surface area contributed by atoms with Gasteiger partial charge < -0.3 is 59.8 Å². The summed E-state index contributed by atoms with van der Waals surface area (Å²) in [6.45, 7) is 23.0. The maximum Gasteiger partial charge on any atom is 1.00 e. The molecule has 1 saturated heterocycles. The Bertz CT molecular complexity index is 5790. The van der Waals surface area contributed by atoms with E-state index < -0.39 is 12.7 Å². The molecular weight excluding hydrogens is 2530 g/mol. The van der Waals surface area contributed by atoms with Crippen LogP contribution in [0.15, 0.2) is 193 Å². The Labute approximate surface area is 964 Å². The number of nitrogen functional groups attached to an aromatic ring is 1. The molecule has 1 aliphatic heterocycles. The summed E-state index contributed by atoms with van der Waals surface area (Å²) in [6, 6.07) is 21.1. The Morgan fingerprint density at radius 2 is 0.874 bits per heavy atom. The number of allylic oxidation sites excluding steroid dienone is 4. The van der Waals surface area contributed by atoms with Crippen LogP contribution >= 0.6 is 190 Å². The molecule has 4 N–H and O–H groups in total. The van der Waals surface area contributed by atoms with Crippen molar-refractivity contribution < 1.29 is 117 Å². The van der Waals surface area contributed by atoms with Crippen LogP contribution in [-0.4, -0.2) is 155 Å². The number of nitrogens with two attached hydrogens (primary N) is 1. The molecule has 2 saturated carbocycles. The molecule has 5 aliphatic rings. The van der Waals surface area contributed by atoms with Crippen molar-refractivity contribution in [1.82, 2.24) is 19.9 Å². The van der Waals surface area contributed by atoms with Gasteiger partial charge in [-0.25, -0.2) is 33.3 Å². The molecule has 0 amide bonds. The van der Waals surface area contributed by atoms with Crippen LogP contribution in [0.4, 0.5) is 5.69 Å². The Kier molecular flexibility index (Phi) is 60.6. The summed E-state index contributed by atoms with van der Waals surface area (Å²) in [5.74, 6) is 2.63. The van der Waals surface area contributed by atoms with Gasteiger partial charge >= 0.3 is 79.6 Å². The third-order valence-electron chi connectivity index (χ3n) is 23.5. The number of carbonyl (C=O) groups excluding carboxylic acids is 6. The standard InChI is InChI=1S/C19H24NO2S.C18H21NO2S.C18H19NO2S.C13H23BO2.C11H8BrNO2S.C6H5IO2S.C6H7NO2S.C5H5BBrNO2.C4H9NO2.CH2I2.CH3I.B.Na.H/c1-13-4-6-14(7-5-13)17-12-20(2)10-8-15(17)16-9-11-23-18(16)19(21)22-3;2*1-12-3-5-13(6-4-12)16-11-19-9-7-14(16)15-8-10-22-17(15)18(20)21-2;1-10-6-8-11(9-7-10)14-15-12(2,3)13(4,5)16-14;1-15-11(14)10-8(3-5-16-10)7-2-4-13-6-9(7)12;2*1-9-6(8)5-4(7)2-3-10-5;7-5-3-8-2-1-4(5)6(9)10;1-4(2,3)7-5-6;2-1-3;1-2;;;/h8-14H,4-7H2,1-3H3;7-13H,3-6H2,1-2H3;5,7-12H,3-4,6H2,1-2H3;8,10H,6-7,9H2,1-5H3;2-6H,1H3;2-3H,1H3;2-3H,7H2,1H3;1-3,9-10H;1-3H3;1H2;1H3;;;/q+1;;;;;;;;;;;;+1;-1. The minimum Gasteiger partial charge on any atom is -1.00 e. The van der Waals surface area contributed by atoms with Gasteiger partial charge in [-0.2, -0.15) is 0 Å². The minimum atomic E-state index is -1.43. The Balaban J connectivity index is 0.000000421. The molecule has 4 aliphatic carbocycles. The number of carbonyl (C=O) groups is 6. The molecule has 2 unspecified atom stereocenters. The average Bonchev–Trinajstić information content (AvgIpc) is 1.62. The molecule has 16 rings (SSSR count). The van der Waals surface area contributed by atoms with Crippen LogP contribution < -0.4 is 45.3 Å². The van der Waals surface area contributed by atoms with Crippen LogP contribution in [0.25, 0.3) is 50.1 Å². The largest absolute Gasteiger partial charge is 1.00 e. The van der Waals surface area contributed by atoms with Gasteiger partial charge in [-0.1, -0.05) is 133 Å². The van der Waals surface area contributed by atoms with Crippen molar-refractivity contribution in [3.63, 3.8) is 0 Å². The normalized spacial score (nSPS) is 16.9. The van der Waals surface area contributed by atoms with Gasteiger partial charge in [0.05, 0.1) is 62.0 Å². The van der Waals surface area contributed by atoms with Gasteiger partial charge in [-0.05, 0) is 339 Å². The number of methoxy groups -OCH3 is 6. The van der Waals surface area contributed by atoms with Gasteiger partial charge in [0.15, 0.2) is 17.7 Å². The number of hydrogen-bond donors (Lipinski definition) is 3. The average molecular weight is 2650 g/mol. The first kappa shape index (κ1) is 130. The van der Waals surface area contributed by atoms with E-state index in [-0.39, 0.29) is 93.5 Å². The molecule has 0 spiro atoms. The molecule has 0 bridgehead atoms. The number of aromatic nitrogens is 5. The van der Waals surface area contributed by atoms with E-state index in [2.05, 4.69) is 259 Å². The molecular formula is C102H127B3Br2I4N7NaO18S6+. The molecule has 12 heterocycles. The number of ether oxygens (including phenoxy) is 6. The van der Waals surface area contributed by atoms with Crippen molar-refractivity contribution in [1.29, 1.82) is 0 Å². The van der Waals surface area contributed by atoms with Gasteiger partial charge in [0.1, 0.15) is 41.9 Å². The van der Waals surface area contributed by atoms with Crippen molar-refractivity contribution in [2.45, 2.75) is 195 Å². The van der Waals surface area contributed by atoms with Gasteiger partial charge in [-0.15, -0.1) is 72.9 Å². The third-order valence-corrected chi connectivity index (χ3v) is 31.5. The van der Waals surface area contributed by atoms with Crippen LogP contribution in [0.2, 0.25) is 0 Å². The summed E-state index contributed by atoms with van der Waals surface area (Å²) >= 11 is 23.7. The van der Waals surface area contributed by atoms with Crippen LogP contribution in [0.5, 0.6) is 0 Å². The fourth-order valence-corrected chi connectivity index (χ4v) is 21.8. The molecule has 3 radical (unpaired) electrons. The fraction of sp³-hybridized carbons (Fsp3) is 0.422. The Morgan fingerprint density at radius 1 is 0.503 bits per heavy atom. The molecule has 25 nitrogen and oxygen atoms in total. The number of esters is 6. The van der Waals surface area contributed by atoms with Crippen molar-refractivity contribution in [2.24, 2.45) is 36.1 Å². The van der Waals surface area contributed by atoms with Gasteiger partial charge in [-0.3, -0.25) is 19.9 Å². The smallest absolute Gasteiger partial charge is 1.00 e. The second kappa shape index (κ2) is 66.8. The fourth-order valence-electron chi connectivity index (χ4n) is 15.1. The molecule has 143 heavy (non-hydrogen) atoms. The van der Waals surface area contributed by atoms with E-state index in [1.165, 1.54) is 230 Å². The summed E-state index contributed by atoms with van der Waals surface area (Å²) in [6.07, 6.45) is 39.7. The number of nitrogens with zero attached hydrogens (tertiary/aromatic N) is 6. The number of halogens is 6. The predicted molar refractivity (Wildman–Crippen MR) is 622 cm³/mol. The quantitative estimate of drug-likeness (QED) is 0.0118. The van der Waals surface area contributed by atoms with E-state index in [0.717, 1.165) is 95.5 Å². The number of anilines is 1. The molecule has 2 atom stereocenters. The van der Waals surface area contributed by atoms with E-state index in [1.54, 1.807) is 50.8 Å². The number of pyridine rings is 5. The summed E-state index contributed by atoms with van der Waals surface area (Å²) in [5.41, 5.74) is 20.1. The first-order valence-electron chi connectivity index (χ1n) is 45.3. The third kappa shape index (κ3) is 40.6. The van der Waals surface area contributed by atoms with Crippen LogP contribution in [0.3, 0.4) is 0 Å². The van der Waals surface area contributed by atoms with Crippen LogP contribution in [-0.2, 0) is 49.6 Å². The number of hydrogen-bond acceptors (Lipinski definition) is 30. The van der Waals surface area contributed by atoms with Gasteiger partial charge in [0.25, 0.3) is 0 Å². The summed E-state index contributed by atoms with van der Waals surface area (Å²) < 4.78 is 46.3. The van der Waals surface area contributed by atoms with Crippen LogP contribution in [0, 0.1) is 32.1 Å². The second-order valence-corrected chi connectivity index (χ2v) is 47.9. The van der Waals surface area contributed by atoms with Crippen molar-refractivity contribution in [3.05, 3.63) is 242 Å². The van der Waals surface area contributed by atoms with Crippen molar-refractivity contribution in [3.8, 4) is 44.5 Å². The minimum absolute atomic E-state index is 0. The maximum absolute atomic E-state index is 12.0. The van der Waals surface area contributed by atoms with Gasteiger partial charge in [0, 0.05) is 116 Å². The topological polar surface area (TPSA) is 337 Å². The molecule has 765 valence electrons. The Hall–Kier alpha value is -5.64. The second-order valence-electron chi connectivity index (χ2n) is 35.0. The van der Waals surface area contributed by atoms with E-state index >= 15 is 0 Å². The van der Waals surface area contributed by atoms with E-state index in [1.807, 2.05) is 99.0 Å². The van der Waals surface area contributed by atoms with Crippen molar-refractivity contribution in [2.75, 3.05) is 55.8 Å². The molecule has 11 aromatic rings. The summed E-state index contributed by atoms with van der Waals surface area (Å²) in [4.78, 5) is 105. The number of thiophene rings is 6. The monoisotopic (exact) mass is 2650 g/mol. The first-order chi connectivity index (χ1) is 67.3. The summed E-state index contributed by atoms with van der Waals surface area (Å²) in [5, 5.41) is 31.0. The molecule has 3 fully saturated rings. The van der Waals surface area contributed by atoms with E-state index in [0.29, 0.717) is 56.7 Å². The molecule has 11 aromatic heterocycles.